The zero-order valence-corrected chi connectivity index (χ0v) is 16.9. The van der Waals surface area contributed by atoms with Crippen LogP contribution >= 0.6 is 0 Å². The molecule has 9 nitrogen and oxygen atoms in total. The number of aliphatic hydroxyl groups is 1. The fourth-order valence-electron chi connectivity index (χ4n) is 4.64. The normalized spacial score (nSPS) is 21.4. The van der Waals surface area contributed by atoms with E-state index in [0.717, 1.165) is 6.42 Å². The third kappa shape index (κ3) is 3.15. The predicted octanol–water partition coefficient (Wildman–Crippen LogP) is -0.0135. The first-order valence-corrected chi connectivity index (χ1v) is 10.0. The van der Waals surface area contributed by atoms with Gasteiger partial charge in [0.05, 0.1) is 0 Å². The lowest BCUT2D eigenvalue weighted by atomic mass is 9.65. The monoisotopic (exact) mass is 396 g/mol. The summed E-state index contributed by atoms with van der Waals surface area (Å²) in [6, 6.07) is -1.34. The van der Waals surface area contributed by atoms with Crippen LogP contribution in [0.1, 0.15) is 72.1 Å². The summed E-state index contributed by atoms with van der Waals surface area (Å²) in [5.74, 6) is -2.73. The Balaban J connectivity index is 2.67. The van der Waals surface area contributed by atoms with Gasteiger partial charge in [-0.15, -0.1) is 0 Å². The molecule has 0 aliphatic heterocycles. The Morgan fingerprint density at radius 2 is 1.71 bits per heavy atom. The molecule has 2 rings (SSSR count). The molecule has 2 atom stereocenters. The average Bonchev–Trinajstić information content (AvgIpc) is 2.54. The lowest BCUT2D eigenvalue weighted by molar-refractivity contribution is -0.239. The molecule has 2 saturated carbocycles. The highest BCUT2D eigenvalue weighted by molar-refractivity contribution is 5.93. The van der Waals surface area contributed by atoms with E-state index in [-0.39, 0.29) is 31.7 Å². The van der Waals surface area contributed by atoms with E-state index in [1.807, 2.05) is 0 Å². The third-order valence-electron chi connectivity index (χ3n) is 6.36. The van der Waals surface area contributed by atoms with Crippen LogP contribution < -0.4 is 11.5 Å². The molecule has 5 N–H and O–H groups in total. The van der Waals surface area contributed by atoms with Crippen LogP contribution in [0.2, 0.25) is 0 Å². The number of amides is 4. The number of nitrogens with zero attached hydrogens (tertiary/aromatic N) is 2. The fraction of sp³-hybridized carbons (Fsp3) is 0.789. The van der Waals surface area contributed by atoms with Gasteiger partial charge in [0.2, 0.25) is 23.4 Å². The van der Waals surface area contributed by atoms with Gasteiger partial charge in [-0.25, -0.2) is 0 Å². The number of rotatable bonds is 9. The number of hydrogen-bond acceptors (Lipinski definition) is 5. The highest BCUT2D eigenvalue weighted by Gasteiger charge is 2.68. The van der Waals surface area contributed by atoms with E-state index in [2.05, 4.69) is 0 Å². The van der Waals surface area contributed by atoms with E-state index in [1.165, 1.54) is 16.7 Å². The summed E-state index contributed by atoms with van der Waals surface area (Å²) in [5.41, 5.74) is 7.35. The maximum atomic E-state index is 12.8. The lowest BCUT2D eigenvalue weighted by Gasteiger charge is -2.62. The third-order valence-corrected chi connectivity index (χ3v) is 6.36. The molecule has 9 heteroatoms. The van der Waals surface area contributed by atoms with Crippen LogP contribution in [-0.2, 0) is 19.2 Å². The summed E-state index contributed by atoms with van der Waals surface area (Å²) in [6.45, 7) is 4.61. The van der Waals surface area contributed by atoms with Crippen molar-refractivity contribution in [3.05, 3.63) is 0 Å². The molecule has 4 amide bonds. The smallest absolute Gasteiger partial charge is 0.273 e. The van der Waals surface area contributed by atoms with Crippen molar-refractivity contribution in [1.82, 2.24) is 9.80 Å². The van der Waals surface area contributed by atoms with E-state index < -0.39 is 40.9 Å². The fourth-order valence-corrected chi connectivity index (χ4v) is 4.64. The molecule has 0 radical (unpaired) electrons. The molecular weight excluding hydrogens is 364 g/mol. The molecule has 2 fully saturated rings. The van der Waals surface area contributed by atoms with Gasteiger partial charge < -0.3 is 26.4 Å². The summed E-state index contributed by atoms with van der Waals surface area (Å²) in [6.07, 6.45) is 3.57. The maximum Gasteiger partial charge on any atom is 0.273 e. The van der Waals surface area contributed by atoms with Crippen LogP contribution in [-0.4, -0.2) is 61.9 Å². The maximum absolute atomic E-state index is 12.8. The molecule has 0 heterocycles. The first-order valence-electron chi connectivity index (χ1n) is 10.0. The van der Waals surface area contributed by atoms with Crippen molar-refractivity contribution < 1.29 is 24.3 Å². The zero-order chi connectivity index (χ0) is 21.3. The van der Waals surface area contributed by atoms with Crippen molar-refractivity contribution in [3.63, 3.8) is 0 Å². The van der Waals surface area contributed by atoms with Gasteiger partial charge in [-0.3, -0.25) is 19.2 Å². The largest absolute Gasteiger partial charge is 0.368 e. The van der Waals surface area contributed by atoms with E-state index in [4.69, 9.17) is 11.5 Å². The average molecular weight is 396 g/mol. The molecular formula is C19H32N4O5. The second-order valence-electron chi connectivity index (χ2n) is 7.84. The van der Waals surface area contributed by atoms with Gasteiger partial charge in [0.1, 0.15) is 11.6 Å². The highest BCUT2D eigenvalue weighted by atomic mass is 16.3. The van der Waals surface area contributed by atoms with Crippen LogP contribution in [0.15, 0.2) is 0 Å². The van der Waals surface area contributed by atoms with Gasteiger partial charge in [-0.2, -0.15) is 0 Å². The van der Waals surface area contributed by atoms with E-state index >= 15 is 0 Å². The summed E-state index contributed by atoms with van der Waals surface area (Å²) in [5, 5.41) is 11.8. The van der Waals surface area contributed by atoms with Crippen molar-refractivity contribution in [2.45, 2.75) is 95.5 Å². The predicted molar refractivity (Wildman–Crippen MR) is 101 cm³/mol. The van der Waals surface area contributed by atoms with Gasteiger partial charge in [0, 0.05) is 19.4 Å². The summed E-state index contributed by atoms with van der Waals surface area (Å²) in [4.78, 5) is 52.6. The minimum Gasteiger partial charge on any atom is -0.368 e. The van der Waals surface area contributed by atoms with Crippen molar-refractivity contribution >= 4 is 23.6 Å². The number of hydrogen-bond donors (Lipinski definition) is 3. The van der Waals surface area contributed by atoms with Crippen LogP contribution in [0.3, 0.4) is 0 Å². The quantitative estimate of drug-likeness (QED) is 0.469. The molecule has 0 aromatic carbocycles. The molecule has 28 heavy (non-hydrogen) atoms. The van der Waals surface area contributed by atoms with Gasteiger partial charge >= 0.3 is 0 Å². The molecule has 2 aliphatic rings. The summed E-state index contributed by atoms with van der Waals surface area (Å²) < 4.78 is 0. The Morgan fingerprint density at radius 3 is 1.96 bits per heavy atom. The van der Waals surface area contributed by atoms with Crippen molar-refractivity contribution in [2.75, 3.05) is 0 Å². The number of nitrogens with two attached hydrogens (primary N) is 2. The second-order valence-corrected chi connectivity index (χ2v) is 7.84. The molecule has 0 aromatic heterocycles. The molecule has 0 aromatic rings. The molecule has 158 valence electrons. The van der Waals surface area contributed by atoms with Gasteiger partial charge in [-0.1, -0.05) is 13.8 Å². The Labute approximate surface area is 165 Å². The Kier molecular flexibility index (Phi) is 6.37. The topological polar surface area (TPSA) is 147 Å². The van der Waals surface area contributed by atoms with Crippen molar-refractivity contribution in [3.8, 4) is 0 Å². The first kappa shape index (κ1) is 22.1. The summed E-state index contributed by atoms with van der Waals surface area (Å²) >= 11 is 0. The standard InChI is InChI=1S/C19H32N4O5/c1-4-14(16(20)26)22(12(3)24)18(10-7-11-18)19(28,17(21)27)23(15(25)5-2)13-8-6-9-13/h13-14,28H,4-11H2,1-3H3,(H2,20,26)(H2,21,27)/t14-,19+/m0/s1. The Bertz CT molecular complexity index is 659. The molecule has 0 spiro atoms. The number of primary amides is 2. The van der Waals surface area contributed by atoms with Crippen LogP contribution in [0.5, 0.6) is 0 Å². The van der Waals surface area contributed by atoms with Crippen molar-refractivity contribution in [1.29, 1.82) is 0 Å². The minimum atomic E-state index is -2.40. The number of carbonyl (C=O) groups excluding carboxylic acids is 4. The zero-order valence-electron chi connectivity index (χ0n) is 16.9. The van der Waals surface area contributed by atoms with Gasteiger partial charge in [0.25, 0.3) is 5.91 Å². The molecule has 0 saturated heterocycles. The van der Waals surface area contributed by atoms with Crippen LogP contribution in [0.25, 0.3) is 0 Å². The Morgan fingerprint density at radius 1 is 1.14 bits per heavy atom. The minimum absolute atomic E-state index is 0.0786. The van der Waals surface area contributed by atoms with E-state index in [0.29, 0.717) is 19.3 Å². The highest BCUT2D eigenvalue weighted by Crippen LogP contribution is 2.50. The molecule has 2 aliphatic carbocycles. The van der Waals surface area contributed by atoms with Gasteiger partial charge in [-0.05, 0) is 44.9 Å². The first-order chi connectivity index (χ1) is 13.1. The van der Waals surface area contributed by atoms with Crippen LogP contribution in [0, 0.1) is 0 Å². The van der Waals surface area contributed by atoms with Crippen molar-refractivity contribution in [2.24, 2.45) is 11.5 Å². The lowest BCUT2D eigenvalue weighted by Crippen LogP contribution is -2.82. The van der Waals surface area contributed by atoms with E-state index in [1.54, 1.807) is 13.8 Å². The molecule has 0 unspecified atom stereocenters. The molecule has 0 bridgehead atoms. The van der Waals surface area contributed by atoms with E-state index in [9.17, 15) is 24.3 Å². The SMILES string of the molecule is CCC(=O)N(C1CCC1)[C@@](O)(C(N)=O)C1(N(C(C)=O)[C@@H](CC)C(N)=O)CCC1. The van der Waals surface area contributed by atoms with Crippen LogP contribution in [0.4, 0.5) is 0 Å². The second kappa shape index (κ2) is 8.06. The Hall–Kier alpha value is -2.16. The van der Waals surface area contributed by atoms with Gasteiger partial charge in [0.15, 0.2) is 0 Å². The number of carbonyl (C=O) groups is 4. The summed E-state index contributed by atoms with van der Waals surface area (Å²) in [7, 11) is 0.